The van der Waals surface area contributed by atoms with E-state index in [4.69, 9.17) is 9.47 Å². The van der Waals surface area contributed by atoms with Gasteiger partial charge in [-0.3, -0.25) is 9.59 Å². The Balaban J connectivity index is 2.38. The van der Waals surface area contributed by atoms with E-state index in [0.29, 0.717) is 43.9 Å². The first-order valence-electron chi connectivity index (χ1n) is 8.69. The minimum absolute atomic E-state index is 0.0181. The molecule has 1 aromatic carbocycles. The van der Waals surface area contributed by atoms with Gasteiger partial charge >= 0.3 is 0 Å². The van der Waals surface area contributed by atoms with Gasteiger partial charge in [-0.05, 0) is 44.0 Å². The summed E-state index contributed by atoms with van der Waals surface area (Å²) in [5.74, 6) is -0.0169. The van der Waals surface area contributed by atoms with E-state index in [1.807, 2.05) is 0 Å². The van der Waals surface area contributed by atoms with Crippen LogP contribution in [0.15, 0.2) is 24.3 Å². The molecule has 1 atom stereocenters. The van der Waals surface area contributed by atoms with Gasteiger partial charge < -0.3 is 24.9 Å². The van der Waals surface area contributed by atoms with Gasteiger partial charge in [0.15, 0.2) is 0 Å². The molecule has 0 aromatic heterocycles. The number of rotatable bonds is 12. The fourth-order valence-electron chi connectivity index (χ4n) is 2.47. The molecule has 0 fully saturated rings. The van der Waals surface area contributed by atoms with Gasteiger partial charge in [-0.15, -0.1) is 0 Å². The summed E-state index contributed by atoms with van der Waals surface area (Å²) in [6, 6.07) is 6.86. The summed E-state index contributed by atoms with van der Waals surface area (Å²) in [4.78, 5) is 35.1. The first-order chi connectivity index (χ1) is 12.5. The summed E-state index contributed by atoms with van der Waals surface area (Å²) in [5.41, 5.74) is 0.538. The lowest BCUT2D eigenvalue weighted by atomic mass is 9.96. The van der Waals surface area contributed by atoms with Crippen molar-refractivity contribution in [3.8, 4) is 5.75 Å². The molecule has 0 radical (unpaired) electrons. The highest BCUT2D eigenvalue weighted by Gasteiger charge is 2.18. The fraction of sp³-hybridized carbons (Fsp3) is 0.526. The van der Waals surface area contributed by atoms with E-state index in [1.54, 1.807) is 38.4 Å². The van der Waals surface area contributed by atoms with Crippen molar-refractivity contribution in [3.63, 3.8) is 0 Å². The van der Waals surface area contributed by atoms with Gasteiger partial charge in [-0.25, -0.2) is 0 Å². The number of ether oxygens (including phenoxy) is 2. The Morgan fingerprint density at radius 3 is 2.38 bits per heavy atom. The molecule has 0 bridgehead atoms. The summed E-state index contributed by atoms with van der Waals surface area (Å²) in [5, 5.41) is 5.39. The van der Waals surface area contributed by atoms with Gasteiger partial charge in [0.2, 0.25) is 5.91 Å². The lowest BCUT2D eigenvalue weighted by Gasteiger charge is -2.14. The number of hydrogen-bond acceptors (Lipinski definition) is 5. The zero-order chi connectivity index (χ0) is 19.4. The quantitative estimate of drug-likeness (QED) is 0.549. The van der Waals surface area contributed by atoms with Crippen LogP contribution in [0.3, 0.4) is 0 Å². The van der Waals surface area contributed by atoms with Gasteiger partial charge in [0.1, 0.15) is 18.1 Å². The van der Waals surface area contributed by atoms with E-state index in [9.17, 15) is 14.4 Å². The van der Waals surface area contributed by atoms with Crippen LogP contribution >= 0.6 is 0 Å². The Bertz CT molecular complexity index is 586. The average Bonchev–Trinajstić information content (AvgIpc) is 2.63. The van der Waals surface area contributed by atoms with Crippen LogP contribution in [0, 0.1) is 5.92 Å². The maximum atomic E-state index is 12.1. The van der Waals surface area contributed by atoms with Crippen molar-refractivity contribution < 1.29 is 23.9 Å². The molecule has 0 saturated heterocycles. The Morgan fingerprint density at radius 1 is 1.12 bits per heavy atom. The molecule has 0 heterocycles. The van der Waals surface area contributed by atoms with Crippen molar-refractivity contribution in [1.82, 2.24) is 10.6 Å². The highest BCUT2D eigenvalue weighted by Crippen LogP contribution is 2.13. The van der Waals surface area contributed by atoms with E-state index in [2.05, 4.69) is 10.6 Å². The number of ketones is 1. The molecule has 1 rings (SSSR count). The van der Waals surface area contributed by atoms with Crippen LogP contribution in [-0.2, 0) is 14.3 Å². The lowest BCUT2D eigenvalue weighted by molar-refractivity contribution is -0.128. The van der Waals surface area contributed by atoms with Crippen LogP contribution in [0.4, 0.5) is 0 Å². The zero-order valence-electron chi connectivity index (χ0n) is 15.7. The largest absolute Gasteiger partial charge is 0.491 e. The molecule has 2 amide bonds. The minimum Gasteiger partial charge on any atom is -0.491 e. The van der Waals surface area contributed by atoms with Gasteiger partial charge in [0, 0.05) is 38.6 Å². The van der Waals surface area contributed by atoms with Crippen molar-refractivity contribution in [2.24, 2.45) is 5.92 Å². The molecule has 2 N–H and O–H groups in total. The smallest absolute Gasteiger partial charge is 0.251 e. The third kappa shape index (κ3) is 8.11. The monoisotopic (exact) mass is 364 g/mol. The van der Waals surface area contributed by atoms with Crippen LogP contribution in [0.5, 0.6) is 5.75 Å². The van der Waals surface area contributed by atoms with E-state index in [0.717, 1.165) is 0 Å². The Labute approximate surface area is 154 Å². The molecule has 0 aliphatic heterocycles. The number of benzene rings is 1. The van der Waals surface area contributed by atoms with E-state index < -0.39 is 0 Å². The summed E-state index contributed by atoms with van der Waals surface area (Å²) in [6.45, 7) is 2.87. The number of methoxy groups -OCH3 is 1. The summed E-state index contributed by atoms with van der Waals surface area (Å²) >= 11 is 0. The Hall–Kier alpha value is -2.41. The highest BCUT2D eigenvalue weighted by molar-refractivity contribution is 5.94. The molecule has 144 valence electrons. The van der Waals surface area contributed by atoms with Crippen LogP contribution < -0.4 is 15.4 Å². The maximum Gasteiger partial charge on any atom is 0.251 e. The first kappa shape index (κ1) is 21.6. The minimum atomic E-state index is -0.349. The summed E-state index contributed by atoms with van der Waals surface area (Å²) < 4.78 is 10.4. The molecular formula is C19H28N2O5. The standard InChI is InChI=1S/C19H28N2O5/c1-14(22)13-16(18(23)20-2)5-4-10-21-19(24)15-6-8-17(9-7-15)26-12-11-25-3/h6-9,16H,4-5,10-13H2,1-3H3,(H,20,23)(H,21,24)/t16-/m1/s1. The van der Waals surface area contributed by atoms with Crippen molar-refractivity contribution in [1.29, 1.82) is 0 Å². The van der Waals surface area contributed by atoms with Crippen LogP contribution in [0.1, 0.15) is 36.5 Å². The van der Waals surface area contributed by atoms with Gasteiger partial charge in [-0.2, -0.15) is 0 Å². The first-order valence-corrected chi connectivity index (χ1v) is 8.69. The number of nitrogens with one attached hydrogen (secondary N) is 2. The maximum absolute atomic E-state index is 12.1. The Morgan fingerprint density at radius 2 is 1.81 bits per heavy atom. The SMILES string of the molecule is CNC(=O)[C@H](CCCNC(=O)c1ccc(OCCOC)cc1)CC(C)=O. The molecular weight excluding hydrogens is 336 g/mol. The molecule has 0 saturated carbocycles. The lowest BCUT2D eigenvalue weighted by Crippen LogP contribution is -2.30. The van der Waals surface area contributed by atoms with Gasteiger partial charge in [0.25, 0.3) is 5.91 Å². The predicted octanol–water partition coefficient (Wildman–Crippen LogP) is 1.56. The molecule has 7 nitrogen and oxygen atoms in total. The second-order valence-corrected chi connectivity index (χ2v) is 5.98. The predicted molar refractivity (Wildman–Crippen MR) is 98.2 cm³/mol. The third-order valence-electron chi connectivity index (χ3n) is 3.84. The van der Waals surface area contributed by atoms with Crippen molar-refractivity contribution in [3.05, 3.63) is 29.8 Å². The van der Waals surface area contributed by atoms with Crippen LogP contribution in [0.25, 0.3) is 0 Å². The van der Waals surface area contributed by atoms with E-state index in [1.165, 1.54) is 6.92 Å². The molecule has 1 aromatic rings. The zero-order valence-corrected chi connectivity index (χ0v) is 15.7. The molecule has 0 unspecified atom stereocenters. The van der Waals surface area contributed by atoms with Gasteiger partial charge in [-0.1, -0.05) is 0 Å². The number of hydrogen-bond donors (Lipinski definition) is 2. The number of amides is 2. The summed E-state index contributed by atoms with van der Waals surface area (Å²) in [6.07, 6.45) is 1.39. The molecule has 26 heavy (non-hydrogen) atoms. The normalized spacial score (nSPS) is 11.5. The topological polar surface area (TPSA) is 93.7 Å². The second-order valence-electron chi connectivity index (χ2n) is 5.98. The molecule has 7 heteroatoms. The summed E-state index contributed by atoms with van der Waals surface area (Å²) in [7, 11) is 3.16. The molecule has 0 aliphatic carbocycles. The molecule has 0 spiro atoms. The van der Waals surface area contributed by atoms with E-state index >= 15 is 0 Å². The van der Waals surface area contributed by atoms with E-state index in [-0.39, 0.29) is 29.9 Å². The highest BCUT2D eigenvalue weighted by atomic mass is 16.5. The van der Waals surface area contributed by atoms with Crippen molar-refractivity contribution in [2.75, 3.05) is 33.9 Å². The fourth-order valence-corrected chi connectivity index (χ4v) is 2.47. The molecule has 0 aliphatic rings. The van der Waals surface area contributed by atoms with Crippen molar-refractivity contribution in [2.45, 2.75) is 26.2 Å². The number of carbonyl (C=O) groups excluding carboxylic acids is 3. The van der Waals surface area contributed by atoms with Crippen molar-refractivity contribution >= 4 is 17.6 Å². The Kier molecular flexibility index (Phi) is 10.0. The second kappa shape index (κ2) is 12.0. The van der Waals surface area contributed by atoms with Crippen LogP contribution in [-0.4, -0.2) is 51.5 Å². The number of Topliss-reactive ketones (excluding diaryl/α,β-unsaturated/α-hetero) is 1. The third-order valence-corrected chi connectivity index (χ3v) is 3.84. The van der Waals surface area contributed by atoms with Gasteiger partial charge in [0.05, 0.1) is 6.61 Å². The number of carbonyl (C=O) groups is 3. The average molecular weight is 364 g/mol. The van der Waals surface area contributed by atoms with Crippen LogP contribution in [0.2, 0.25) is 0 Å².